The molecule has 1 fully saturated rings. The lowest BCUT2D eigenvalue weighted by molar-refractivity contribution is -0.384. The fourth-order valence-electron chi connectivity index (χ4n) is 2.49. The molecule has 0 bridgehead atoms. The maximum Gasteiger partial charge on any atom is 0.281 e. The van der Waals surface area contributed by atoms with Gasteiger partial charge in [0.2, 0.25) is 0 Å². The molecule has 2 aromatic carbocycles. The molecule has 1 amide bonds. The fraction of sp³-hybridized carbons (Fsp3) is 0.111. The van der Waals surface area contributed by atoms with Gasteiger partial charge in [0.25, 0.3) is 11.6 Å². The number of hydrogen-bond acceptors (Lipinski definition) is 5. The quantitative estimate of drug-likeness (QED) is 0.377. The normalized spacial score (nSPS) is 15.3. The molecule has 1 aliphatic heterocycles. The van der Waals surface area contributed by atoms with Gasteiger partial charge in [-0.3, -0.25) is 19.8 Å². The molecule has 0 unspecified atom stereocenters. The lowest BCUT2D eigenvalue weighted by Crippen LogP contribution is -2.30. The van der Waals surface area contributed by atoms with Gasteiger partial charge in [0.05, 0.1) is 17.2 Å². The third-order valence-corrected chi connectivity index (χ3v) is 3.98. The zero-order valence-electron chi connectivity index (χ0n) is 13.8. The van der Waals surface area contributed by atoms with Gasteiger partial charge in [0, 0.05) is 12.1 Å². The first-order valence-electron chi connectivity index (χ1n) is 7.84. The molecule has 8 heteroatoms. The van der Waals surface area contributed by atoms with Crippen LogP contribution < -0.4 is 15.0 Å². The smallest absolute Gasteiger partial charge is 0.281 e. The second kappa shape index (κ2) is 7.32. The Balaban J connectivity index is 1.82. The molecule has 7 nitrogen and oxygen atoms in total. The monoisotopic (exact) mass is 369 g/mol. The third kappa shape index (κ3) is 3.55. The molecule has 1 saturated heterocycles. The molecule has 1 N–H and O–H groups in total. The van der Waals surface area contributed by atoms with Gasteiger partial charge in [-0.05, 0) is 67.2 Å². The van der Waals surface area contributed by atoms with Crippen LogP contribution in [0.25, 0.3) is 6.08 Å². The Kier molecular flexibility index (Phi) is 4.94. The third-order valence-electron chi connectivity index (χ3n) is 3.70. The highest BCUT2D eigenvalue weighted by Gasteiger charge is 2.31. The number of nitro groups is 1. The molecule has 1 aliphatic rings. The molecule has 0 atom stereocenters. The number of nitro benzene ring substituents is 1. The van der Waals surface area contributed by atoms with Crippen molar-refractivity contribution in [1.29, 1.82) is 0 Å². The number of anilines is 1. The first kappa shape index (κ1) is 17.6. The molecule has 0 aromatic heterocycles. The summed E-state index contributed by atoms with van der Waals surface area (Å²) in [6.07, 6.45) is 1.60. The highest BCUT2D eigenvalue weighted by Crippen LogP contribution is 2.25. The fourth-order valence-corrected chi connectivity index (χ4v) is 2.78. The van der Waals surface area contributed by atoms with E-state index in [1.807, 2.05) is 6.92 Å². The summed E-state index contributed by atoms with van der Waals surface area (Å²) in [6, 6.07) is 13.0. The number of hydrogen-bond donors (Lipinski definition) is 1. The maximum atomic E-state index is 12.7. The van der Waals surface area contributed by atoms with Crippen molar-refractivity contribution in [2.75, 3.05) is 11.5 Å². The van der Waals surface area contributed by atoms with Crippen LogP contribution in [0.4, 0.5) is 11.4 Å². The van der Waals surface area contributed by atoms with E-state index in [4.69, 9.17) is 17.0 Å². The zero-order chi connectivity index (χ0) is 18.7. The summed E-state index contributed by atoms with van der Waals surface area (Å²) in [4.78, 5) is 24.3. The van der Waals surface area contributed by atoms with E-state index < -0.39 is 4.92 Å². The highest BCUT2D eigenvalue weighted by molar-refractivity contribution is 7.80. The molecule has 0 aliphatic carbocycles. The minimum absolute atomic E-state index is 0.00982. The summed E-state index contributed by atoms with van der Waals surface area (Å²) >= 11 is 5.26. The topological polar surface area (TPSA) is 84.7 Å². The zero-order valence-corrected chi connectivity index (χ0v) is 14.7. The Morgan fingerprint density at radius 2 is 1.85 bits per heavy atom. The van der Waals surface area contributed by atoms with Crippen LogP contribution in [-0.4, -0.2) is 22.5 Å². The van der Waals surface area contributed by atoms with Crippen molar-refractivity contribution in [3.63, 3.8) is 0 Å². The predicted octanol–water partition coefficient (Wildman–Crippen LogP) is 3.26. The Bertz CT molecular complexity index is 892. The molecular formula is C18H15N3O4S. The SMILES string of the molecule is CCOc1ccc(N2C(=O)/C(=C\c3ccc([N+](=O)[O-])cc3)NC2=S)cc1. The van der Waals surface area contributed by atoms with Crippen molar-refractivity contribution in [2.24, 2.45) is 0 Å². The molecule has 132 valence electrons. The summed E-state index contributed by atoms with van der Waals surface area (Å²) in [5.74, 6) is 0.418. The van der Waals surface area contributed by atoms with E-state index in [2.05, 4.69) is 5.32 Å². The number of benzene rings is 2. The van der Waals surface area contributed by atoms with Gasteiger partial charge in [-0.15, -0.1) is 0 Å². The van der Waals surface area contributed by atoms with Crippen molar-refractivity contribution in [3.05, 3.63) is 69.9 Å². The summed E-state index contributed by atoms with van der Waals surface area (Å²) < 4.78 is 5.39. The van der Waals surface area contributed by atoms with Crippen molar-refractivity contribution >= 4 is 40.7 Å². The summed E-state index contributed by atoms with van der Waals surface area (Å²) in [5, 5.41) is 13.9. The molecule has 2 aromatic rings. The van der Waals surface area contributed by atoms with Crippen molar-refractivity contribution in [2.45, 2.75) is 6.92 Å². The molecule has 3 rings (SSSR count). The summed E-state index contributed by atoms with van der Waals surface area (Å²) in [5.41, 5.74) is 1.58. The number of nitrogens with one attached hydrogen (secondary N) is 1. The Labute approximate surface area is 155 Å². The van der Waals surface area contributed by atoms with E-state index in [0.717, 1.165) is 0 Å². The molecular weight excluding hydrogens is 354 g/mol. The minimum Gasteiger partial charge on any atom is -0.494 e. The molecule has 26 heavy (non-hydrogen) atoms. The number of nitrogens with zero attached hydrogens (tertiary/aromatic N) is 2. The molecule has 0 saturated carbocycles. The summed E-state index contributed by atoms with van der Waals surface area (Å²) in [6.45, 7) is 2.45. The van der Waals surface area contributed by atoms with Crippen LogP contribution in [0.5, 0.6) is 5.75 Å². The van der Waals surface area contributed by atoms with Gasteiger partial charge in [0.15, 0.2) is 5.11 Å². The van der Waals surface area contributed by atoms with Crippen LogP contribution in [0.15, 0.2) is 54.2 Å². The van der Waals surface area contributed by atoms with Crippen LogP contribution in [0.3, 0.4) is 0 Å². The lowest BCUT2D eigenvalue weighted by Gasteiger charge is -2.14. The minimum atomic E-state index is -0.474. The maximum absolute atomic E-state index is 12.7. The number of carbonyl (C=O) groups excluding carboxylic acids is 1. The largest absolute Gasteiger partial charge is 0.494 e. The second-order valence-electron chi connectivity index (χ2n) is 5.40. The standard InChI is InChI=1S/C18H15N3O4S/c1-2-25-15-9-7-13(8-10-15)20-17(22)16(19-18(20)26)11-12-3-5-14(6-4-12)21(23)24/h3-11H,2H2,1H3,(H,19,26)/b16-11+. The van der Waals surface area contributed by atoms with Crippen molar-refractivity contribution in [3.8, 4) is 5.75 Å². The number of non-ortho nitro benzene ring substituents is 1. The van der Waals surface area contributed by atoms with Gasteiger partial charge in [-0.25, -0.2) is 0 Å². The number of thiocarbonyl (C=S) groups is 1. The van der Waals surface area contributed by atoms with Crippen LogP contribution in [0.2, 0.25) is 0 Å². The van der Waals surface area contributed by atoms with E-state index >= 15 is 0 Å². The van der Waals surface area contributed by atoms with Gasteiger partial charge < -0.3 is 10.1 Å². The van der Waals surface area contributed by atoms with Crippen LogP contribution in [0, 0.1) is 10.1 Å². The average Bonchev–Trinajstić information content (AvgIpc) is 2.90. The molecule has 0 spiro atoms. The average molecular weight is 369 g/mol. The van der Waals surface area contributed by atoms with Gasteiger partial charge >= 0.3 is 0 Å². The van der Waals surface area contributed by atoms with E-state index in [9.17, 15) is 14.9 Å². The summed E-state index contributed by atoms with van der Waals surface area (Å²) in [7, 11) is 0. The van der Waals surface area contributed by atoms with Crippen LogP contribution in [0.1, 0.15) is 12.5 Å². The highest BCUT2D eigenvalue weighted by atomic mass is 32.1. The van der Waals surface area contributed by atoms with E-state index in [1.54, 1.807) is 42.5 Å². The van der Waals surface area contributed by atoms with Gasteiger partial charge in [0.1, 0.15) is 11.4 Å². The Morgan fingerprint density at radius 1 is 1.19 bits per heavy atom. The second-order valence-corrected chi connectivity index (χ2v) is 5.79. The lowest BCUT2D eigenvalue weighted by atomic mass is 10.1. The first-order valence-corrected chi connectivity index (χ1v) is 8.25. The molecule has 0 radical (unpaired) electrons. The van der Waals surface area contributed by atoms with Gasteiger partial charge in [-0.1, -0.05) is 0 Å². The van der Waals surface area contributed by atoms with E-state index in [-0.39, 0.29) is 16.7 Å². The number of carbonyl (C=O) groups is 1. The number of rotatable bonds is 5. The van der Waals surface area contributed by atoms with Gasteiger partial charge in [-0.2, -0.15) is 0 Å². The van der Waals surface area contributed by atoms with Crippen LogP contribution >= 0.6 is 12.2 Å². The Morgan fingerprint density at radius 3 is 2.42 bits per heavy atom. The molecule has 1 heterocycles. The van der Waals surface area contributed by atoms with Crippen LogP contribution in [-0.2, 0) is 4.79 Å². The Hall–Kier alpha value is -3.26. The predicted molar refractivity (Wildman–Crippen MR) is 102 cm³/mol. The van der Waals surface area contributed by atoms with Crippen molar-refractivity contribution in [1.82, 2.24) is 5.32 Å². The van der Waals surface area contributed by atoms with E-state index in [1.165, 1.54) is 17.0 Å². The number of ether oxygens (including phenoxy) is 1. The first-order chi connectivity index (χ1) is 12.5. The van der Waals surface area contributed by atoms with E-state index in [0.29, 0.717) is 29.3 Å². The number of amides is 1. The van der Waals surface area contributed by atoms with Crippen molar-refractivity contribution < 1.29 is 14.5 Å².